The van der Waals surface area contributed by atoms with Crippen LogP contribution in [0.2, 0.25) is 10.0 Å². The highest BCUT2D eigenvalue weighted by atomic mass is 35.5. The van der Waals surface area contributed by atoms with Crippen molar-refractivity contribution in [3.63, 3.8) is 0 Å². The second-order valence-corrected chi connectivity index (χ2v) is 6.98. The van der Waals surface area contributed by atoms with Crippen LogP contribution in [0, 0.1) is 0 Å². The van der Waals surface area contributed by atoms with Gasteiger partial charge in [0.2, 0.25) is 0 Å². The SMILES string of the molecule is CCCNC(Cc1ccc(Cl)cc1Cl)C1CSCCO1. The molecule has 1 aliphatic rings. The average Bonchev–Trinajstić information content (AvgIpc) is 2.46. The average molecular weight is 334 g/mol. The maximum absolute atomic E-state index is 6.29. The molecule has 112 valence electrons. The number of hydrogen-bond donors (Lipinski definition) is 1. The van der Waals surface area contributed by atoms with E-state index in [2.05, 4.69) is 12.2 Å². The highest BCUT2D eigenvalue weighted by molar-refractivity contribution is 7.99. The number of benzene rings is 1. The Morgan fingerprint density at radius 3 is 2.95 bits per heavy atom. The first-order chi connectivity index (χ1) is 9.70. The summed E-state index contributed by atoms with van der Waals surface area (Å²) in [6.07, 6.45) is 2.25. The van der Waals surface area contributed by atoms with Crippen molar-refractivity contribution >= 4 is 35.0 Å². The zero-order chi connectivity index (χ0) is 14.4. The van der Waals surface area contributed by atoms with Gasteiger partial charge in [0.05, 0.1) is 12.7 Å². The van der Waals surface area contributed by atoms with Crippen LogP contribution in [-0.4, -0.2) is 36.8 Å². The van der Waals surface area contributed by atoms with E-state index < -0.39 is 0 Å². The Kier molecular flexibility index (Phi) is 6.99. The Balaban J connectivity index is 2.05. The number of nitrogens with one attached hydrogen (secondary N) is 1. The molecule has 5 heteroatoms. The minimum absolute atomic E-state index is 0.257. The minimum Gasteiger partial charge on any atom is -0.375 e. The fourth-order valence-electron chi connectivity index (χ4n) is 2.33. The lowest BCUT2D eigenvalue weighted by molar-refractivity contribution is 0.0472. The van der Waals surface area contributed by atoms with Crippen LogP contribution in [0.25, 0.3) is 0 Å². The van der Waals surface area contributed by atoms with E-state index in [4.69, 9.17) is 27.9 Å². The zero-order valence-electron chi connectivity index (χ0n) is 11.7. The van der Waals surface area contributed by atoms with Gasteiger partial charge in [0.15, 0.2) is 0 Å². The zero-order valence-corrected chi connectivity index (χ0v) is 14.0. The Bertz CT molecular complexity index is 424. The summed E-state index contributed by atoms with van der Waals surface area (Å²) >= 11 is 14.2. The summed E-state index contributed by atoms with van der Waals surface area (Å²) in [5.74, 6) is 2.14. The largest absolute Gasteiger partial charge is 0.375 e. The van der Waals surface area contributed by atoms with Crippen molar-refractivity contribution in [2.75, 3.05) is 24.7 Å². The topological polar surface area (TPSA) is 21.3 Å². The summed E-state index contributed by atoms with van der Waals surface area (Å²) in [5, 5.41) is 5.02. The van der Waals surface area contributed by atoms with Crippen LogP contribution >= 0.6 is 35.0 Å². The lowest BCUT2D eigenvalue weighted by Crippen LogP contribution is -2.46. The van der Waals surface area contributed by atoms with Crippen molar-refractivity contribution in [3.8, 4) is 0 Å². The molecule has 1 N–H and O–H groups in total. The summed E-state index contributed by atoms with van der Waals surface area (Å²) in [6.45, 7) is 4.02. The van der Waals surface area contributed by atoms with E-state index in [1.54, 1.807) is 0 Å². The van der Waals surface area contributed by atoms with Crippen LogP contribution in [0.1, 0.15) is 18.9 Å². The first kappa shape index (κ1) is 16.4. The predicted octanol–water partition coefficient (Wildman–Crippen LogP) is 4.04. The molecule has 1 fully saturated rings. The van der Waals surface area contributed by atoms with Gasteiger partial charge in [-0.3, -0.25) is 0 Å². The molecule has 0 spiro atoms. The third-order valence-corrected chi connectivity index (χ3v) is 5.01. The lowest BCUT2D eigenvalue weighted by atomic mass is 10.0. The third-order valence-electron chi connectivity index (χ3n) is 3.40. The first-order valence-corrected chi connectivity index (χ1v) is 8.98. The fourth-order valence-corrected chi connectivity index (χ4v) is 3.75. The number of halogens is 2. The van der Waals surface area contributed by atoms with Gasteiger partial charge < -0.3 is 10.1 Å². The molecule has 0 radical (unpaired) electrons. The lowest BCUT2D eigenvalue weighted by Gasteiger charge is -2.31. The predicted molar refractivity (Wildman–Crippen MR) is 89.3 cm³/mol. The van der Waals surface area contributed by atoms with Gasteiger partial charge in [-0.05, 0) is 37.1 Å². The molecule has 1 aromatic carbocycles. The van der Waals surface area contributed by atoms with E-state index >= 15 is 0 Å². The molecule has 1 aliphatic heterocycles. The maximum atomic E-state index is 6.29. The van der Waals surface area contributed by atoms with E-state index in [1.165, 1.54) is 0 Å². The van der Waals surface area contributed by atoms with Crippen molar-refractivity contribution in [2.24, 2.45) is 0 Å². The smallest absolute Gasteiger partial charge is 0.0821 e. The number of ether oxygens (including phenoxy) is 1. The Morgan fingerprint density at radius 2 is 2.30 bits per heavy atom. The number of hydrogen-bond acceptors (Lipinski definition) is 3. The van der Waals surface area contributed by atoms with Crippen molar-refractivity contribution in [2.45, 2.75) is 31.9 Å². The van der Waals surface area contributed by atoms with Gasteiger partial charge in [0, 0.05) is 27.6 Å². The van der Waals surface area contributed by atoms with E-state index in [-0.39, 0.29) is 6.10 Å². The number of rotatable bonds is 6. The van der Waals surface area contributed by atoms with Gasteiger partial charge >= 0.3 is 0 Å². The van der Waals surface area contributed by atoms with Gasteiger partial charge in [0.1, 0.15) is 0 Å². The summed E-state index contributed by atoms with van der Waals surface area (Å²) in [4.78, 5) is 0. The molecule has 0 aromatic heterocycles. The van der Waals surface area contributed by atoms with Crippen LogP contribution in [0.5, 0.6) is 0 Å². The van der Waals surface area contributed by atoms with Crippen LogP contribution < -0.4 is 5.32 Å². The second-order valence-electron chi connectivity index (χ2n) is 4.98. The Hall–Kier alpha value is 0.0700. The molecule has 1 aromatic rings. The molecule has 2 rings (SSSR count). The molecule has 2 unspecified atom stereocenters. The quantitative estimate of drug-likeness (QED) is 0.848. The first-order valence-electron chi connectivity index (χ1n) is 7.07. The van der Waals surface area contributed by atoms with E-state index in [1.807, 2.05) is 30.0 Å². The third kappa shape index (κ3) is 4.81. The van der Waals surface area contributed by atoms with E-state index in [9.17, 15) is 0 Å². The fraction of sp³-hybridized carbons (Fsp3) is 0.600. The van der Waals surface area contributed by atoms with Crippen molar-refractivity contribution < 1.29 is 4.74 Å². The van der Waals surface area contributed by atoms with Gasteiger partial charge in [-0.15, -0.1) is 0 Å². The molecule has 0 bridgehead atoms. The summed E-state index contributed by atoms with van der Waals surface area (Å²) in [7, 11) is 0. The minimum atomic E-state index is 0.257. The van der Waals surface area contributed by atoms with Crippen LogP contribution in [-0.2, 0) is 11.2 Å². The molecular formula is C15H21Cl2NOS. The van der Waals surface area contributed by atoms with Gasteiger partial charge in [-0.1, -0.05) is 36.2 Å². The van der Waals surface area contributed by atoms with Crippen LogP contribution in [0.15, 0.2) is 18.2 Å². The van der Waals surface area contributed by atoms with Gasteiger partial charge in [-0.2, -0.15) is 11.8 Å². The van der Waals surface area contributed by atoms with E-state index in [0.29, 0.717) is 11.1 Å². The standard InChI is InChI=1S/C15H21Cl2NOS/c1-2-5-18-14(15-10-20-7-6-19-15)8-11-3-4-12(16)9-13(11)17/h3-4,9,14-15,18H,2,5-8,10H2,1H3. The normalized spacial score (nSPS) is 20.9. The highest BCUT2D eigenvalue weighted by Gasteiger charge is 2.25. The Labute approximate surface area is 135 Å². The molecule has 2 atom stereocenters. The molecule has 1 heterocycles. The van der Waals surface area contributed by atoms with Crippen LogP contribution in [0.4, 0.5) is 0 Å². The Morgan fingerprint density at radius 1 is 1.45 bits per heavy atom. The second kappa shape index (κ2) is 8.50. The number of thioether (sulfide) groups is 1. The monoisotopic (exact) mass is 333 g/mol. The molecule has 0 amide bonds. The molecule has 0 saturated carbocycles. The molecular weight excluding hydrogens is 313 g/mol. The van der Waals surface area contributed by atoms with Crippen molar-refractivity contribution in [1.82, 2.24) is 5.32 Å². The molecule has 1 saturated heterocycles. The van der Waals surface area contributed by atoms with Gasteiger partial charge in [-0.25, -0.2) is 0 Å². The summed E-state index contributed by atoms with van der Waals surface area (Å²) in [6, 6.07) is 6.03. The summed E-state index contributed by atoms with van der Waals surface area (Å²) in [5.41, 5.74) is 1.13. The molecule has 0 aliphatic carbocycles. The van der Waals surface area contributed by atoms with Gasteiger partial charge in [0.25, 0.3) is 0 Å². The van der Waals surface area contributed by atoms with Crippen LogP contribution in [0.3, 0.4) is 0 Å². The maximum Gasteiger partial charge on any atom is 0.0821 e. The molecule has 2 nitrogen and oxygen atoms in total. The van der Waals surface area contributed by atoms with Crippen molar-refractivity contribution in [3.05, 3.63) is 33.8 Å². The highest BCUT2D eigenvalue weighted by Crippen LogP contribution is 2.24. The summed E-state index contributed by atoms with van der Waals surface area (Å²) < 4.78 is 5.92. The van der Waals surface area contributed by atoms with Crippen molar-refractivity contribution in [1.29, 1.82) is 0 Å². The molecule has 20 heavy (non-hydrogen) atoms. The van der Waals surface area contributed by atoms with E-state index in [0.717, 1.165) is 48.1 Å².